The number of hydrogen-bond acceptors (Lipinski definition) is 3. The summed E-state index contributed by atoms with van der Waals surface area (Å²) in [5.74, 6) is -1.48. The molecule has 2 N–H and O–H groups in total. The van der Waals surface area contributed by atoms with Crippen molar-refractivity contribution in [2.75, 3.05) is 5.75 Å². The van der Waals surface area contributed by atoms with Crippen LogP contribution >= 0.6 is 11.8 Å². The molecular formula is C5H6F3NO2S. The monoisotopic (exact) mass is 201 g/mol. The van der Waals surface area contributed by atoms with Gasteiger partial charge in [0.1, 0.15) is 12.0 Å². The van der Waals surface area contributed by atoms with Crippen LogP contribution in [0.25, 0.3) is 0 Å². The molecule has 1 fully saturated rings. The first-order chi connectivity index (χ1) is 5.41. The lowest BCUT2D eigenvalue weighted by atomic mass is 10.3. The molecular weight excluding hydrogens is 195 g/mol. The normalized spacial score (nSPS) is 30.6. The number of aliphatic carboxylic acids is 1. The van der Waals surface area contributed by atoms with E-state index in [1.54, 1.807) is 0 Å². The number of carboxylic acid groups (broad SMARTS) is 1. The van der Waals surface area contributed by atoms with E-state index in [2.05, 4.69) is 0 Å². The predicted octanol–water partition coefficient (Wildman–Crippen LogP) is -1.70. The van der Waals surface area contributed by atoms with Gasteiger partial charge in [0.05, 0.1) is 5.75 Å². The van der Waals surface area contributed by atoms with E-state index in [-0.39, 0.29) is 5.75 Å². The van der Waals surface area contributed by atoms with Crippen molar-refractivity contribution < 1.29 is 28.4 Å². The van der Waals surface area contributed by atoms with Gasteiger partial charge in [0.2, 0.25) is 5.37 Å². The third-order valence-electron chi connectivity index (χ3n) is 1.49. The summed E-state index contributed by atoms with van der Waals surface area (Å²) in [6.45, 7) is 0. The molecule has 0 aromatic heterocycles. The van der Waals surface area contributed by atoms with Crippen molar-refractivity contribution in [1.29, 1.82) is 0 Å². The fourth-order valence-electron chi connectivity index (χ4n) is 0.880. The highest BCUT2D eigenvalue weighted by Crippen LogP contribution is 2.28. The quantitative estimate of drug-likeness (QED) is 0.550. The fourth-order valence-corrected chi connectivity index (χ4v) is 2.03. The molecule has 2 atom stereocenters. The minimum Gasteiger partial charge on any atom is -0.544 e. The lowest BCUT2D eigenvalue weighted by Crippen LogP contribution is -2.96. The van der Waals surface area contributed by atoms with E-state index in [1.165, 1.54) is 0 Å². The lowest BCUT2D eigenvalue weighted by molar-refractivity contribution is -0.704. The smallest absolute Gasteiger partial charge is 0.451 e. The molecule has 1 heterocycles. The van der Waals surface area contributed by atoms with Crippen LogP contribution < -0.4 is 10.4 Å². The lowest BCUT2D eigenvalue weighted by Gasteiger charge is -2.12. The van der Waals surface area contributed by atoms with Crippen LogP contribution in [0.15, 0.2) is 0 Å². The second-order valence-corrected chi connectivity index (χ2v) is 3.59. The Hall–Kier alpha value is -0.430. The molecule has 0 unspecified atom stereocenters. The summed E-state index contributed by atoms with van der Waals surface area (Å²) < 4.78 is 35.8. The average Bonchev–Trinajstić information content (AvgIpc) is 2.30. The SMILES string of the molecule is O=C([O-])[C@H]1CS[C@H](C(F)(F)F)[NH2+]1. The number of thioether (sulfide) groups is 1. The van der Waals surface area contributed by atoms with E-state index < -0.39 is 23.6 Å². The number of carboxylic acids is 1. The first kappa shape index (κ1) is 9.66. The maximum atomic E-state index is 11.9. The molecule has 0 aliphatic carbocycles. The van der Waals surface area contributed by atoms with Gasteiger partial charge in [-0.1, -0.05) is 11.8 Å². The molecule has 0 bridgehead atoms. The number of rotatable bonds is 1. The van der Waals surface area contributed by atoms with Gasteiger partial charge in [0, 0.05) is 0 Å². The highest BCUT2D eigenvalue weighted by molar-refractivity contribution is 8.00. The number of alkyl halides is 3. The Morgan fingerprint density at radius 3 is 2.42 bits per heavy atom. The maximum Gasteiger partial charge on any atom is 0.451 e. The molecule has 1 aliphatic rings. The number of hydrogen-bond donors (Lipinski definition) is 1. The van der Waals surface area contributed by atoms with Crippen molar-refractivity contribution in [1.82, 2.24) is 0 Å². The van der Waals surface area contributed by atoms with Gasteiger partial charge in [0.25, 0.3) is 0 Å². The van der Waals surface area contributed by atoms with Crippen molar-refractivity contribution in [3.05, 3.63) is 0 Å². The molecule has 0 radical (unpaired) electrons. The average molecular weight is 201 g/mol. The van der Waals surface area contributed by atoms with Gasteiger partial charge < -0.3 is 15.2 Å². The van der Waals surface area contributed by atoms with Crippen LogP contribution in [0.2, 0.25) is 0 Å². The largest absolute Gasteiger partial charge is 0.544 e. The predicted molar refractivity (Wildman–Crippen MR) is 33.0 cm³/mol. The highest BCUT2D eigenvalue weighted by Gasteiger charge is 2.49. The van der Waals surface area contributed by atoms with E-state index in [9.17, 15) is 23.1 Å². The van der Waals surface area contributed by atoms with Crippen LogP contribution in [-0.2, 0) is 4.79 Å². The number of nitrogens with two attached hydrogens (primary N) is 1. The van der Waals surface area contributed by atoms with E-state index in [1.807, 2.05) is 0 Å². The molecule has 12 heavy (non-hydrogen) atoms. The Morgan fingerprint density at radius 2 is 2.17 bits per heavy atom. The van der Waals surface area contributed by atoms with Gasteiger partial charge in [-0.05, 0) is 0 Å². The molecule has 0 saturated carbocycles. The molecule has 7 heteroatoms. The van der Waals surface area contributed by atoms with Crippen molar-refractivity contribution in [3.63, 3.8) is 0 Å². The minimum atomic E-state index is -4.34. The van der Waals surface area contributed by atoms with E-state index in [0.29, 0.717) is 11.8 Å². The van der Waals surface area contributed by atoms with Gasteiger partial charge in [0.15, 0.2) is 0 Å². The summed E-state index contributed by atoms with van der Waals surface area (Å²) in [5, 5.41) is 9.28. The van der Waals surface area contributed by atoms with Crippen molar-refractivity contribution in [2.24, 2.45) is 0 Å². The van der Waals surface area contributed by atoms with Gasteiger partial charge >= 0.3 is 6.18 Å². The van der Waals surface area contributed by atoms with E-state index in [4.69, 9.17) is 0 Å². The highest BCUT2D eigenvalue weighted by atomic mass is 32.2. The first-order valence-electron chi connectivity index (χ1n) is 3.15. The summed E-state index contributed by atoms with van der Waals surface area (Å²) in [7, 11) is 0. The Kier molecular flexibility index (Phi) is 2.52. The van der Waals surface area contributed by atoms with Gasteiger partial charge in [-0.2, -0.15) is 13.2 Å². The van der Waals surface area contributed by atoms with Crippen LogP contribution in [0.4, 0.5) is 13.2 Å². The van der Waals surface area contributed by atoms with Gasteiger partial charge in [-0.25, -0.2) is 0 Å². The third-order valence-corrected chi connectivity index (χ3v) is 2.82. The number of halogens is 3. The van der Waals surface area contributed by atoms with Crippen molar-refractivity contribution >= 4 is 17.7 Å². The summed E-state index contributed by atoms with van der Waals surface area (Å²) in [6.07, 6.45) is -4.34. The zero-order valence-corrected chi connectivity index (χ0v) is 6.61. The first-order valence-corrected chi connectivity index (χ1v) is 4.20. The molecule has 1 rings (SSSR count). The van der Waals surface area contributed by atoms with Crippen LogP contribution in [0.3, 0.4) is 0 Å². The number of carbonyl (C=O) groups excluding carboxylic acids is 1. The van der Waals surface area contributed by atoms with E-state index >= 15 is 0 Å². The number of quaternary nitrogens is 1. The zero-order chi connectivity index (χ0) is 9.35. The second-order valence-electron chi connectivity index (χ2n) is 2.41. The number of carbonyl (C=O) groups is 1. The topological polar surface area (TPSA) is 56.7 Å². The van der Waals surface area contributed by atoms with Gasteiger partial charge in [-0.15, -0.1) is 0 Å². The molecule has 3 nitrogen and oxygen atoms in total. The molecule has 1 aliphatic heterocycles. The second kappa shape index (κ2) is 3.14. The molecule has 0 aromatic rings. The van der Waals surface area contributed by atoms with Crippen LogP contribution in [0.5, 0.6) is 0 Å². The summed E-state index contributed by atoms with van der Waals surface area (Å²) >= 11 is 0.584. The molecule has 1 saturated heterocycles. The van der Waals surface area contributed by atoms with Crippen LogP contribution in [0, 0.1) is 0 Å². The van der Waals surface area contributed by atoms with Crippen LogP contribution in [0.1, 0.15) is 0 Å². The van der Waals surface area contributed by atoms with Crippen LogP contribution in [-0.4, -0.2) is 29.3 Å². The Balaban J connectivity index is 2.51. The fraction of sp³-hybridized carbons (Fsp3) is 0.800. The zero-order valence-electron chi connectivity index (χ0n) is 5.80. The molecule has 0 aromatic carbocycles. The van der Waals surface area contributed by atoms with Crippen molar-refractivity contribution in [3.8, 4) is 0 Å². The summed E-state index contributed by atoms with van der Waals surface area (Å²) in [4.78, 5) is 10.2. The standard InChI is InChI=1S/C5H6F3NO2S/c6-5(7,8)4-9-2(1-12-4)3(10)11/h2,4,9H,1H2,(H,10,11)/t2-,4-/m1/s1. The molecule has 70 valence electrons. The maximum absolute atomic E-state index is 11.9. The molecule has 0 amide bonds. The van der Waals surface area contributed by atoms with E-state index in [0.717, 1.165) is 5.32 Å². The summed E-state index contributed by atoms with van der Waals surface area (Å²) in [5.41, 5.74) is 0. The van der Waals surface area contributed by atoms with Gasteiger partial charge in [-0.3, -0.25) is 0 Å². The Morgan fingerprint density at radius 1 is 1.58 bits per heavy atom. The third kappa shape index (κ3) is 2.04. The van der Waals surface area contributed by atoms with Crippen molar-refractivity contribution in [2.45, 2.75) is 17.6 Å². The minimum absolute atomic E-state index is 0.0491. The Bertz CT molecular complexity index is 196. The molecule has 0 spiro atoms. The Labute approximate surface area is 70.3 Å². The summed E-state index contributed by atoms with van der Waals surface area (Å²) in [6, 6.07) is -1.07.